The van der Waals surface area contributed by atoms with Crippen LogP contribution in [0.1, 0.15) is 0 Å². The van der Waals surface area contributed by atoms with Gasteiger partial charge in [0.1, 0.15) is 4.60 Å². The van der Waals surface area contributed by atoms with E-state index >= 15 is 0 Å². The van der Waals surface area contributed by atoms with E-state index in [0.29, 0.717) is 5.02 Å². The van der Waals surface area contributed by atoms with Crippen molar-refractivity contribution in [1.29, 1.82) is 0 Å². The lowest BCUT2D eigenvalue weighted by Gasteiger charge is -1.89. The van der Waals surface area contributed by atoms with Crippen molar-refractivity contribution >= 4 is 38.4 Å². The van der Waals surface area contributed by atoms with Gasteiger partial charge in [0.15, 0.2) is 0 Å². The van der Waals surface area contributed by atoms with Crippen LogP contribution in [-0.4, -0.2) is 10.2 Å². The topological polar surface area (TPSA) is 28.7 Å². The van der Waals surface area contributed by atoms with E-state index in [0.717, 1.165) is 15.5 Å². The number of nitrogens with one attached hydrogen (secondary N) is 1. The Morgan fingerprint density at radius 3 is 3.00 bits per heavy atom. The van der Waals surface area contributed by atoms with Crippen LogP contribution in [0.5, 0.6) is 0 Å². The van der Waals surface area contributed by atoms with Crippen LogP contribution < -0.4 is 0 Å². The third kappa shape index (κ3) is 1.04. The standard InChI is InChI=1S/C7H4BrClN2/c8-7-4-2-1-3-5(9)6(4)10-11-7/h1-3H,(H,10,11). The molecule has 0 aliphatic heterocycles. The third-order valence-electron chi connectivity index (χ3n) is 1.50. The molecule has 2 rings (SSSR count). The van der Waals surface area contributed by atoms with Crippen molar-refractivity contribution in [2.45, 2.75) is 0 Å². The fourth-order valence-corrected chi connectivity index (χ4v) is 1.61. The second kappa shape index (κ2) is 2.50. The molecule has 0 bridgehead atoms. The zero-order valence-corrected chi connectivity index (χ0v) is 7.78. The number of nitrogens with zero attached hydrogens (tertiary/aromatic N) is 1. The van der Waals surface area contributed by atoms with Crippen LogP contribution in [0.3, 0.4) is 0 Å². The minimum atomic E-state index is 0.695. The number of aromatic nitrogens is 2. The Balaban J connectivity index is 2.94. The van der Waals surface area contributed by atoms with E-state index in [2.05, 4.69) is 26.1 Å². The maximum Gasteiger partial charge on any atom is 0.135 e. The Bertz CT molecular complexity index is 396. The first-order valence-electron chi connectivity index (χ1n) is 3.07. The highest BCUT2D eigenvalue weighted by molar-refractivity contribution is 9.10. The Morgan fingerprint density at radius 2 is 2.27 bits per heavy atom. The van der Waals surface area contributed by atoms with Crippen LogP contribution >= 0.6 is 27.5 Å². The molecule has 11 heavy (non-hydrogen) atoms. The average Bonchev–Trinajstić information content (AvgIpc) is 2.35. The van der Waals surface area contributed by atoms with Gasteiger partial charge in [-0.05, 0) is 28.1 Å². The van der Waals surface area contributed by atoms with E-state index in [9.17, 15) is 0 Å². The van der Waals surface area contributed by atoms with Gasteiger partial charge in [0.2, 0.25) is 0 Å². The molecule has 0 atom stereocenters. The summed E-state index contributed by atoms with van der Waals surface area (Å²) in [5.74, 6) is 0. The first-order chi connectivity index (χ1) is 5.29. The molecule has 0 spiro atoms. The Morgan fingerprint density at radius 1 is 1.45 bits per heavy atom. The molecule has 1 aromatic heterocycles. The van der Waals surface area contributed by atoms with Crippen LogP contribution in [0, 0.1) is 0 Å². The third-order valence-corrected chi connectivity index (χ3v) is 2.42. The summed E-state index contributed by atoms with van der Waals surface area (Å²) in [6.07, 6.45) is 0. The van der Waals surface area contributed by atoms with Gasteiger partial charge in [0, 0.05) is 5.39 Å². The van der Waals surface area contributed by atoms with Crippen molar-refractivity contribution in [2.75, 3.05) is 0 Å². The largest absolute Gasteiger partial charge is 0.275 e. The van der Waals surface area contributed by atoms with Crippen LogP contribution in [0.4, 0.5) is 0 Å². The summed E-state index contributed by atoms with van der Waals surface area (Å²) in [5, 5.41) is 8.50. The maximum atomic E-state index is 5.88. The van der Waals surface area contributed by atoms with Gasteiger partial charge in [0.25, 0.3) is 0 Å². The minimum Gasteiger partial charge on any atom is -0.275 e. The number of para-hydroxylation sites is 1. The molecule has 2 aromatic rings. The van der Waals surface area contributed by atoms with E-state index in [1.165, 1.54) is 0 Å². The molecule has 2 nitrogen and oxygen atoms in total. The fraction of sp³-hybridized carbons (Fsp3) is 0. The highest BCUT2D eigenvalue weighted by Gasteiger charge is 2.03. The van der Waals surface area contributed by atoms with Crippen LogP contribution in [0.25, 0.3) is 10.9 Å². The molecule has 1 heterocycles. The van der Waals surface area contributed by atoms with Crippen LogP contribution in [0.15, 0.2) is 22.8 Å². The lowest BCUT2D eigenvalue weighted by Crippen LogP contribution is -1.68. The number of halogens is 2. The predicted molar refractivity (Wildman–Crippen MR) is 48.8 cm³/mol. The van der Waals surface area contributed by atoms with E-state index in [1.54, 1.807) is 0 Å². The monoisotopic (exact) mass is 230 g/mol. The van der Waals surface area contributed by atoms with Gasteiger partial charge in [0.05, 0.1) is 10.5 Å². The highest BCUT2D eigenvalue weighted by atomic mass is 79.9. The van der Waals surface area contributed by atoms with Crippen molar-refractivity contribution < 1.29 is 0 Å². The van der Waals surface area contributed by atoms with Gasteiger partial charge < -0.3 is 0 Å². The van der Waals surface area contributed by atoms with E-state index in [4.69, 9.17) is 11.6 Å². The van der Waals surface area contributed by atoms with Crippen molar-refractivity contribution in [3.05, 3.63) is 27.8 Å². The maximum absolute atomic E-state index is 5.88. The van der Waals surface area contributed by atoms with Crippen molar-refractivity contribution in [2.24, 2.45) is 0 Å². The molecule has 0 aliphatic carbocycles. The molecule has 0 saturated carbocycles. The Kier molecular flexibility index (Phi) is 1.62. The van der Waals surface area contributed by atoms with Crippen LogP contribution in [-0.2, 0) is 0 Å². The van der Waals surface area contributed by atoms with Crippen molar-refractivity contribution in [3.8, 4) is 0 Å². The number of aromatic amines is 1. The summed E-state index contributed by atoms with van der Waals surface area (Å²) >= 11 is 9.18. The molecular weight excluding hydrogens is 227 g/mol. The smallest absolute Gasteiger partial charge is 0.135 e. The number of H-pyrrole nitrogens is 1. The summed E-state index contributed by atoms with van der Waals surface area (Å²) in [4.78, 5) is 0. The number of fused-ring (bicyclic) bond motifs is 1. The lowest BCUT2D eigenvalue weighted by molar-refractivity contribution is 1.10. The second-order valence-electron chi connectivity index (χ2n) is 2.18. The Hall–Kier alpha value is -0.540. The summed E-state index contributed by atoms with van der Waals surface area (Å²) in [6, 6.07) is 5.67. The summed E-state index contributed by atoms with van der Waals surface area (Å²) in [6.45, 7) is 0. The van der Waals surface area contributed by atoms with Gasteiger partial charge in [-0.1, -0.05) is 17.7 Å². The number of hydrogen-bond acceptors (Lipinski definition) is 1. The number of benzene rings is 1. The van der Waals surface area contributed by atoms with Gasteiger partial charge in [-0.15, -0.1) is 0 Å². The zero-order chi connectivity index (χ0) is 7.84. The van der Waals surface area contributed by atoms with Crippen molar-refractivity contribution in [1.82, 2.24) is 10.2 Å². The van der Waals surface area contributed by atoms with Gasteiger partial charge in [-0.2, -0.15) is 5.10 Å². The lowest BCUT2D eigenvalue weighted by atomic mass is 10.3. The SMILES string of the molecule is Clc1cccc2c(Br)n[nH]c12. The van der Waals surface area contributed by atoms with Gasteiger partial charge >= 0.3 is 0 Å². The first kappa shape index (κ1) is 7.13. The summed E-state index contributed by atoms with van der Waals surface area (Å²) in [7, 11) is 0. The van der Waals surface area contributed by atoms with Gasteiger partial charge in [-0.25, -0.2) is 0 Å². The molecule has 0 amide bonds. The molecule has 0 fully saturated rings. The average molecular weight is 231 g/mol. The molecule has 4 heteroatoms. The molecule has 1 N–H and O–H groups in total. The quantitative estimate of drug-likeness (QED) is 0.742. The molecule has 0 radical (unpaired) electrons. The minimum absolute atomic E-state index is 0.695. The molecule has 0 aliphatic rings. The summed E-state index contributed by atoms with van der Waals surface area (Å²) in [5.41, 5.74) is 0.876. The van der Waals surface area contributed by atoms with E-state index in [1.807, 2.05) is 18.2 Å². The van der Waals surface area contributed by atoms with Crippen LogP contribution in [0.2, 0.25) is 5.02 Å². The number of hydrogen-bond donors (Lipinski definition) is 1. The molecule has 0 saturated heterocycles. The van der Waals surface area contributed by atoms with E-state index < -0.39 is 0 Å². The highest BCUT2D eigenvalue weighted by Crippen LogP contribution is 2.25. The normalized spacial score (nSPS) is 10.7. The molecule has 0 unspecified atom stereocenters. The molecule has 1 aromatic carbocycles. The number of rotatable bonds is 0. The zero-order valence-electron chi connectivity index (χ0n) is 5.44. The molecular formula is C7H4BrClN2. The van der Waals surface area contributed by atoms with E-state index in [-0.39, 0.29) is 0 Å². The van der Waals surface area contributed by atoms with Crippen molar-refractivity contribution in [3.63, 3.8) is 0 Å². The summed E-state index contributed by atoms with van der Waals surface area (Å²) < 4.78 is 0.801. The first-order valence-corrected chi connectivity index (χ1v) is 4.24. The predicted octanol–water partition coefficient (Wildman–Crippen LogP) is 2.98. The second-order valence-corrected chi connectivity index (χ2v) is 3.34. The van der Waals surface area contributed by atoms with Gasteiger partial charge in [-0.3, -0.25) is 5.10 Å². The fourth-order valence-electron chi connectivity index (χ4n) is 0.975. The Labute approximate surface area is 76.7 Å². The molecule has 56 valence electrons.